The van der Waals surface area contributed by atoms with Gasteiger partial charge in [-0.05, 0) is 85.9 Å². The highest BCUT2D eigenvalue weighted by molar-refractivity contribution is 5.86. The zero-order valence-corrected chi connectivity index (χ0v) is 19.0. The summed E-state index contributed by atoms with van der Waals surface area (Å²) >= 11 is 0. The van der Waals surface area contributed by atoms with Crippen LogP contribution in [0.1, 0.15) is 65.2 Å². The van der Waals surface area contributed by atoms with E-state index in [-0.39, 0.29) is 28.6 Å². The van der Waals surface area contributed by atoms with E-state index in [4.69, 9.17) is 10.6 Å². The number of fused-ring (bicyclic) bond motifs is 5. The van der Waals surface area contributed by atoms with Gasteiger partial charge in [0, 0.05) is 18.4 Å². The van der Waals surface area contributed by atoms with Crippen molar-refractivity contribution in [3.8, 4) is 0 Å². The highest BCUT2D eigenvalue weighted by Gasteiger charge is 2.63. The van der Waals surface area contributed by atoms with Gasteiger partial charge in [-0.25, -0.2) is 0 Å². The maximum absolute atomic E-state index is 12.3. The second-order valence-electron chi connectivity index (χ2n) is 11.3. The van der Waals surface area contributed by atoms with Gasteiger partial charge in [0.15, 0.2) is 0 Å². The molecule has 31 heavy (non-hydrogen) atoms. The molecule has 4 rings (SSSR count). The number of nitrogens with zero attached hydrogens (tertiary/aromatic N) is 1. The third-order valence-corrected chi connectivity index (χ3v) is 10.2. The predicted octanol–water partition coefficient (Wildman–Crippen LogP) is 3.42. The van der Waals surface area contributed by atoms with Crippen LogP contribution in [0.5, 0.6) is 0 Å². The Labute approximate surface area is 185 Å². The van der Waals surface area contributed by atoms with Crippen molar-refractivity contribution < 1.29 is 19.2 Å². The van der Waals surface area contributed by atoms with Crippen molar-refractivity contribution in [3.05, 3.63) is 0 Å². The van der Waals surface area contributed by atoms with Gasteiger partial charge in [-0.15, -0.1) is 0 Å². The lowest BCUT2D eigenvalue weighted by atomic mass is 9.41. The van der Waals surface area contributed by atoms with E-state index in [1.54, 1.807) is 6.21 Å². The summed E-state index contributed by atoms with van der Waals surface area (Å²) in [4.78, 5) is 41.4. The number of oxime groups is 1. The summed E-state index contributed by atoms with van der Waals surface area (Å²) in [5.74, 6) is 1.90. The number of hydrogen-bond acceptors (Lipinski definition) is 6. The average Bonchev–Trinajstić information content (AvgIpc) is 3.13. The highest BCUT2D eigenvalue weighted by atomic mass is 16.6. The van der Waals surface area contributed by atoms with Crippen LogP contribution in [0.3, 0.4) is 0 Å². The van der Waals surface area contributed by atoms with Crippen LogP contribution >= 0.6 is 0 Å². The van der Waals surface area contributed by atoms with E-state index in [0.717, 1.165) is 57.5 Å². The number of hydrogen-bond donors (Lipinski definition) is 1. The Morgan fingerprint density at radius 3 is 2.42 bits per heavy atom. The Balaban J connectivity index is 1.60. The molecule has 2 N–H and O–H groups in total. The van der Waals surface area contributed by atoms with Crippen LogP contribution in [-0.2, 0) is 19.2 Å². The van der Waals surface area contributed by atoms with Gasteiger partial charge in [0.2, 0.25) is 0 Å². The van der Waals surface area contributed by atoms with E-state index in [0.29, 0.717) is 37.3 Å². The predicted molar refractivity (Wildman–Crippen MR) is 118 cm³/mol. The van der Waals surface area contributed by atoms with Crippen molar-refractivity contribution in [2.45, 2.75) is 65.2 Å². The summed E-state index contributed by atoms with van der Waals surface area (Å²) in [7, 11) is 0. The van der Waals surface area contributed by atoms with E-state index in [9.17, 15) is 14.4 Å². The molecule has 0 aromatic rings. The molecule has 0 amide bonds. The summed E-state index contributed by atoms with van der Waals surface area (Å²) in [5, 5.41) is 4.03. The van der Waals surface area contributed by atoms with E-state index >= 15 is 0 Å². The zero-order chi connectivity index (χ0) is 22.3. The molecule has 0 bridgehead atoms. The molecule has 0 heterocycles. The SMILES string of the molecule is C[C@]12CCC(C=O)(C=NOCCN)C[C@@H]1C(C=O)C[C@@H]1[C@@H]2CC[C@]2(C)C(C=O)CC[C@@H]12. The van der Waals surface area contributed by atoms with Crippen molar-refractivity contribution >= 4 is 25.1 Å². The first-order valence-electron chi connectivity index (χ1n) is 12.1. The number of carbonyl (C=O) groups excluding carboxylic acids is 3. The minimum atomic E-state index is -0.661. The first-order chi connectivity index (χ1) is 14.9. The molecule has 0 spiro atoms. The van der Waals surface area contributed by atoms with E-state index < -0.39 is 5.41 Å². The standard InChI is InChI=1S/C25H38N2O4/c1-23-6-5-21-19(20(23)4-3-18(23)14-29)11-17(13-28)22-12-25(16-30,8-7-24(21,22)2)15-27-31-10-9-26/h13-22H,3-12,26H2,1-2H3/t17?,18?,19-,20-,21-,22+,23+,24+,25?/m0/s1. The largest absolute Gasteiger partial charge is 0.395 e. The lowest BCUT2D eigenvalue weighted by molar-refractivity contribution is -0.156. The van der Waals surface area contributed by atoms with Crippen LogP contribution in [0, 0.1) is 51.8 Å². The summed E-state index contributed by atoms with van der Waals surface area (Å²) < 4.78 is 0. The minimum absolute atomic E-state index is 0.0399. The molecule has 6 heteroatoms. The molecule has 4 saturated carbocycles. The van der Waals surface area contributed by atoms with Gasteiger partial charge in [0.1, 0.15) is 25.5 Å². The second kappa shape index (κ2) is 8.42. The van der Waals surface area contributed by atoms with Gasteiger partial charge in [-0.2, -0.15) is 0 Å². The normalized spacial score (nSPS) is 49.0. The maximum atomic E-state index is 12.3. The Hall–Kier alpha value is -1.56. The van der Waals surface area contributed by atoms with Crippen LogP contribution in [0.15, 0.2) is 5.16 Å². The number of carbonyl (C=O) groups is 3. The Kier molecular flexibility index (Phi) is 6.14. The van der Waals surface area contributed by atoms with Crippen LogP contribution < -0.4 is 5.73 Å². The Morgan fingerprint density at radius 1 is 0.968 bits per heavy atom. The zero-order valence-electron chi connectivity index (χ0n) is 19.0. The Morgan fingerprint density at radius 2 is 1.74 bits per heavy atom. The van der Waals surface area contributed by atoms with Crippen LogP contribution in [0.25, 0.3) is 0 Å². The van der Waals surface area contributed by atoms with Gasteiger partial charge in [0.25, 0.3) is 0 Å². The Bertz CT molecular complexity index is 741. The molecule has 0 aromatic heterocycles. The number of nitrogens with two attached hydrogens (primary N) is 1. The molecule has 3 unspecified atom stereocenters. The van der Waals surface area contributed by atoms with Crippen LogP contribution in [-0.4, -0.2) is 38.2 Å². The molecule has 4 aliphatic carbocycles. The molecule has 172 valence electrons. The maximum Gasteiger partial charge on any atom is 0.131 e. The first kappa shape index (κ1) is 22.6. The smallest absolute Gasteiger partial charge is 0.131 e. The van der Waals surface area contributed by atoms with Crippen molar-refractivity contribution in [1.29, 1.82) is 0 Å². The minimum Gasteiger partial charge on any atom is -0.395 e. The second-order valence-corrected chi connectivity index (χ2v) is 11.3. The van der Waals surface area contributed by atoms with E-state index in [1.807, 2.05) is 0 Å². The van der Waals surface area contributed by atoms with Crippen LogP contribution in [0.4, 0.5) is 0 Å². The molecule has 6 nitrogen and oxygen atoms in total. The van der Waals surface area contributed by atoms with Gasteiger partial charge in [-0.3, -0.25) is 0 Å². The molecule has 4 fully saturated rings. The van der Waals surface area contributed by atoms with Crippen molar-refractivity contribution in [2.24, 2.45) is 62.6 Å². The fourth-order valence-corrected chi connectivity index (χ4v) is 8.36. The molecule has 0 aliphatic heterocycles. The van der Waals surface area contributed by atoms with Crippen molar-refractivity contribution in [2.75, 3.05) is 13.2 Å². The molecule has 9 atom stereocenters. The first-order valence-corrected chi connectivity index (χ1v) is 12.1. The van der Waals surface area contributed by atoms with Gasteiger partial charge >= 0.3 is 0 Å². The summed E-state index contributed by atoms with van der Waals surface area (Å²) in [5.41, 5.74) is 4.93. The molecule has 4 aliphatic rings. The number of aldehydes is 3. The average molecular weight is 431 g/mol. The van der Waals surface area contributed by atoms with Crippen LogP contribution in [0.2, 0.25) is 0 Å². The molecule has 0 radical (unpaired) electrons. The van der Waals surface area contributed by atoms with Gasteiger partial charge in [-0.1, -0.05) is 19.0 Å². The van der Waals surface area contributed by atoms with Crippen molar-refractivity contribution in [1.82, 2.24) is 0 Å². The van der Waals surface area contributed by atoms with Gasteiger partial charge in [0.05, 0.1) is 11.6 Å². The lowest BCUT2D eigenvalue weighted by Crippen LogP contribution is -2.58. The molecule has 0 aromatic carbocycles. The molecular weight excluding hydrogens is 392 g/mol. The highest BCUT2D eigenvalue weighted by Crippen LogP contribution is 2.69. The molecular formula is C25H38N2O4. The topological polar surface area (TPSA) is 98.8 Å². The molecule has 0 saturated heterocycles. The fourth-order valence-electron chi connectivity index (χ4n) is 8.36. The van der Waals surface area contributed by atoms with E-state index in [1.165, 1.54) is 6.29 Å². The third-order valence-electron chi connectivity index (χ3n) is 10.2. The van der Waals surface area contributed by atoms with Gasteiger partial charge < -0.3 is 25.0 Å². The summed E-state index contributed by atoms with van der Waals surface area (Å²) in [6.07, 6.45) is 12.6. The number of rotatable bonds is 7. The van der Waals surface area contributed by atoms with E-state index in [2.05, 4.69) is 19.0 Å². The van der Waals surface area contributed by atoms with Crippen molar-refractivity contribution in [3.63, 3.8) is 0 Å². The monoisotopic (exact) mass is 430 g/mol. The fraction of sp³-hybridized carbons (Fsp3) is 0.840. The quantitative estimate of drug-likeness (QED) is 0.289. The summed E-state index contributed by atoms with van der Waals surface area (Å²) in [6.45, 7) is 5.40. The summed E-state index contributed by atoms with van der Waals surface area (Å²) in [6, 6.07) is 0. The lowest BCUT2D eigenvalue weighted by Gasteiger charge is -2.63. The third kappa shape index (κ3) is 3.49.